The van der Waals surface area contributed by atoms with Gasteiger partial charge >= 0.3 is 0 Å². The molecule has 0 amide bonds. The molecule has 0 saturated carbocycles. The van der Waals surface area contributed by atoms with Gasteiger partial charge < -0.3 is 10.2 Å². The minimum atomic E-state index is 0.461. The Kier molecular flexibility index (Phi) is 6.00. The molecule has 1 aliphatic rings. The van der Waals surface area contributed by atoms with Crippen molar-refractivity contribution in [3.8, 4) is 0 Å². The second kappa shape index (κ2) is 7.76. The lowest BCUT2D eigenvalue weighted by Gasteiger charge is -2.37. The molecular formula is C17H27N3S. The summed E-state index contributed by atoms with van der Waals surface area (Å²) in [5.41, 5.74) is 2.72. The minimum Gasteiger partial charge on any atom is -0.360 e. The van der Waals surface area contributed by atoms with E-state index in [1.54, 1.807) is 0 Å². The SMILES string of the molecule is CCC(C)NC(=S)N1CCN(Cc2ccc(C)cc2)CC1. The number of benzene rings is 1. The van der Waals surface area contributed by atoms with Crippen LogP contribution in [-0.4, -0.2) is 47.1 Å². The molecule has 1 atom stereocenters. The van der Waals surface area contributed by atoms with Crippen molar-refractivity contribution >= 4 is 17.3 Å². The first kappa shape index (κ1) is 16.2. The highest BCUT2D eigenvalue weighted by atomic mass is 32.1. The van der Waals surface area contributed by atoms with E-state index in [2.05, 4.69) is 60.2 Å². The first-order chi connectivity index (χ1) is 10.1. The molecule has 1 fully saturated rings. The number of thiocarbonyl (C=S) groups is 1. The number of piperazine rings is 1. The van der Waals surface area contributed by atoms with Crippen LogP contribution in [0, 0.1) is 6.92 Å². The zero-order valence-corrected chi connectivity index (χ0v) is 14.2. The number of rotatable bonds is 4. The Balaban J connectivity index is 1.77. The Morgan fingerprint density at radius 3 is 2.38 bits per heavy atom. The molecule has 0 spiro atoms. The lowest BCUT2D eigenvalue weighted by Crippen LogP contribution is -2.52. The summed E-state index contributed by atoms with van der Waals surface area (Å²) in [7, 11) is 0. The standard InChI is InChI=1S/C17H27N3S/c1-4-15(3)18-17(21)20-11-9-19(10-12-20)13-16-7-5-14(2)6-8-16/h5-8,15H,4,9-13H2,1-3H3,(H,18,21). The van der Waals surface area contributed by atoms with Crippen molar-refractivity contribution in [1.82, 2.24) is 15.1 Å². The molecule has 3 nitrogen and oxygen atoms in total. The summed E-state index contributed by atoms with van der Waals surface area (Å²) in [5.74, 6) is 0. The van der Waals surface area contributed by atoms with Gasteiger partial charge in [-0.25, -0.2) is 0 Å². The van der Waals surface area contributed by atoms with E-state index in [1.807, 2.05) is 0 Å². The highest BCUT2D eigenvalue weighted by molar-refractivity contribution is 7.80. The van der Waals surface area contributed by atoms with Gasteiger partial charge in [-0.05, 0) is 38.0 Å². The van der Waals surface area contributed by atoms with Crippen molar-refractivity contribution in [2.45, 2.75) is 39.8 Å². The van der Waals surface area contributed by atoms with Gasteiger partial charge in [0.15, 0.2) is 5.11 Å². The Bertz CT molecular complexity index is 450. The zero-order valence-electron chi connectivity index (χ0n) is 13.4. The first-order valence-corrected chi connectivity index (χ1v) is 8.32. The molecule has 21 heavy (non-hydrogen) atoms. The van der Waals surface area contributed by atoms with Gasteiger partial charge in [0.1, 0.15) is 0 Å². The molecule has 1 N–H and O–H groups in total. The maximum absolute atomic E-state index is 5.50. The van der Waals surface area contributed by atoms with E-state index in [0.717, 1.165) is 44.3 Å². The number of aryl methyl sites for hydroxylation is 1. The van der Waals surface area contributed by atoms with Gasteiger partial charge in [-0.3, -0.25) is 4.90 Å². The maximum Gasteiger partial charge on any atom is 0.169 e. The van der Waals surface area contributed by atoms with Gasteiger partial charge in [0, 0.05) is 38.8 Å². The van der Waals surface area contributed by atoms with Gasteiger partial charge in [-0.2, -0.15) is 0 Å². The molecule has 0 bridgehead atoms. The number of nitrogens with one attached hydrogen (secondary N) is 1. The predicted octanol–water partition coefficient (Wildman–Crippen LogP) is 2.79. The van der Waals surface area contributed by atoms with E-state index < -0.39 is 0 Å². The van der Waals surface area contributed by atoms with Crippen molar-refractivity contribution < 1.29 is 0 Å². The lowest BCUT2D eigenvalue weighted by atomic mass is 10.1. The maximum atomic E-state index is 5.50. The molecular weight excluding hydrogens is 278 g/mol. The third-order valence-corrected chi connectivity index (χ3v) is 4.54. The molecule has 0 aliphatic carbocycles. The smallest absolute Gasteiger partial charge is 0.169 e. The fraction of sp³-hybridized carbons (Fsp3) is 0.588. The van der Waals surface area contributed by atoms with E-state index in [-0.39, 0.29) is 0 Å². The fourth-order valence-electron chi connectivity index (χ4n) is 2.46. The van der Waals surface area contributed by atoms with Crippen LogP contribution in [0.2, 0.25) is 0 Å². The van der Waals surface area contributed by atoms with Crippen molar-refractivity contribution in [1.29, 1.82) is 0 Å². The number of hydrogen-bond donors (Lipinski definition) is 1. The van der Waals surface area contributed by atoms with Gasteiger partial charge in [-0.15, -0.1) is 0 Å². The third kappa shape index (κ3) is 4.97. The van der Waals surface area contributed by atoms with Crippen LogP contribution < -0.4 is 5.32 Å². The summed E-state index contributed by atoms with van der Waals surface area (Å²) < 4.78 is 0. The lowest BCUT2D eigenvalue weighted by molar-refractivity contribution is 0.174. The molecule has 1 aromatic carbocycles. The van der Waals surface area contributed by atoms with E-state index in [9.17, 15) is 0 Å². The third-order valence-electron chi connectivity index (χ3n) is 4.17. The Morgan fingerprint density at radius 1 is 1.19 bits per heavy atom. The van der Waals surface area contributed by atoms with Crippen LogP contribution in [-0.2, 0) is 6.54 Å². The molecule has 1 heterocycles. The summed E-state index contributed by atoms with van der Waals surface area (Å²) >= 11 is 5.50. The van der Waals surface area contributed by atoms with Crippen LogP contribution in [0.5, 0.6) is 0 Å². The molecule has 4 heteroatoms. The predicted molar refractivity (Wildman–Crippen MR) is 93.5 cm³/mol. The van der Waals surface area contributed by atoms with Gasteiger partial charge in [0.05, 0.1) is 0 Å². The van der Waals surface area contributed by atoms with E-state index in [1.165, 1.54) is 11.1 Å². The quantitative estimate of drug-likeness (QED) is 0.862. The average Bonchev–Trinajstić information content (AvgIpc) is 2.50. The van der Waals surface area contributed by atoms with E-state index >= 15 is 0 Å². The second-order valence-electron chi connectivity index (χ2n) is 6.01. The normalized spacial score (nSPS) is 17.6. The van der Waals surface area contributed by atoms with Crippen molar-refractivity contribution in [3.05, 3.63) is 35.4 Å². The summed E-state index contributed by atoms with van der Waals surface area (Å²) in [6.45, 7) is 11.7. The molecule has 2 rings (SSSR count). The average molecular weight is 305 g/mol. The Labute approximate surface area is 134 Å². The molecule has 1 aliphatic heterocycles. The largest absolute Gasteiger partial charge is 0.360 e. The van der Waals surface area contributed by atoms with Crippen LogP contribution in [0.4, 0.5) is 0 Å². The Morgan fingerprint density at radius 2 is 1.81 bits per heavy atom. The van der Waals surface area contributed by atoms with Crippen molar-refractivity contribution in [2.75, 3.05) is 26.2 Å². The van der Waals surface area contributed by atoms with Crippen LogP contribution in [0.25, 0.3) is 0 Å². The van der Waals surface area contributed by atoms with Gasteiger partial charge in [-0.1, -0.05) is 36.8 Å². The molecule has 1 aromatic rings. The topological polar surface area (TPSA) is 18.5 Å². The summed E-state index contributed by atoms with van der Waals surface area (Å²) in [6, 6.07) is 9.31. The van der Waals surface area contributed by atoms with Gasteiger partial charge in [0.2, 0.25) is 0 Å². The molecule has 0 aromatic heterocycles. The van der Waals surface area contributed by atoms with Crippen molar-refractivity contribution in [2.24, 2.45) is 0 Å². The number of hydrogen-bond acceptors (Lipinski definition) is 2. The van der Waals surface area contributed by atoms with Crippen molar-refractivity contribution in [3.63, 3.8) is 0 Å². The van der Waals surface area contributed by atoms with Crippen LogP contribution in [0.1, 0.15) is 31.4 Å². The fourth-order valence-corrected chi connectivity index (χ4v) is 2.85. The van der Waals surface area contributed by atoms with Crippen LogP contribution in [0.15, 0.2) is 24.3 Å². The van der Waals surface area contributed by atoms with E-state index in [4.69, 9.17) is 12.2 Å². The molecule has 1 saturated heterocycles. The highest BCUT2D eigenvalue weighted by Crippen LogP contribution is 2.10. The second-order valence-corrected chi connectivity index (χ2v) is 6.39. The molecule has 0 radical (unpaired) electrons. The van der Waals surface area contributed by atoms with E-state index in [0.29, 0.717) is 6.04 Å². The van der Waals surface area contributed by atoms with Crippen LogP contribution in [0.3, 0.4) is 0 Å². The minimum absolute atomic E-state index is 0.461. The van der Waals surface area contributed by atoms with Gasteiger partial charge in [0.25, 0.3) is 0 Å². The summed E-state index contributed by atoms with van der Waals surface area (Å²) in [6.07, 6.45) is 1.10. The first-order valence-electron chi connectivity index (χ1n) is 7.92. The zero-order chi connectivity index (χ0) is 15.2. The number of nitrogens with zero attached hydrogens (tertiary/aromatic N) is 2. The highest BCUT2D eigenvalue weighted by Gasteiger charge is 2.19. The van der Waals surface area contributed by atoms with Crippen LogP contribution >= 0.6 is 12.2 Å². The monoisotopic (exact) mass is 305 g/mol. The molecule has 116 valence electrons. The molecule has 1 unspecified atom stereocenters. The Hall–Kier alpha value is -1.13. The summed E-state index contributed by atoms with van der Waals surface area (Å²) in [5, 5.41) is 4.32. The summed E-state index contributed by atoms with van der Waals surface area (Å²) in [4.78, 5) is 4.81.